The summed E-state index contributed by atoms with van der Waals surface area (Å²) in [5, 5.41) is 11.5. The van der Waals surface area contributed by atoms with Gasteiger partial charge in [-0.15, -0.1) is 5.10 Å². The molecule has 0 aliphatic carbocycles. The van der Waals surface area contributed by atoms with Crippen LogP contribution in [-0.4, -0.2) is 51.3 Å². The summed E-state index contributed by atoms with van der Waals surface area (Å²) >= 11 is 0. The molecule has 8 heteroatoms. The minimum absolute atomic E-state index is 0.0422. The van der Waals surface area contributed by atoms with Gasteiger partial charge in [0.1, 0.15) is 5.52 Å². The van der Waals surface area contributed by atoms with Crippen LogP contribution in [0.25, 0.3) is 10.9 Å². The smallest absolute Gasteiger partial charge is 0.277 e. The summed E-state index contributed by atoms with van der Waals surface area (Å²) in [6.45, 7) is 4.14. The number of hydrogen-bond donors (Lipinski definition) is 1. The van der Waals surface area contributed by atoms with Gasteiger partial charge in [-0.25, -0.2) is 4.68 Å². The SMILES string of the molecule is CCCCCCNC(=O)C1CCCN(C(=O)CCn2nnc3ccccc3c2=O)C1. The molecule has 1 fully saturated rings. The highest BCUT2D eigenvalue weighted by Gasteiger charge is 2.28. The molecule has 1 unspecified atom stereocenters. The molecule has 2 amide bonds. The Bertz CT molecular complexity index is 926. The van der Waals surface area contributed by atoms with Gasteiger partial charge in [-0.1, -0.05) is 43.5 Å². The van der Waals surface area contributed by atoms with Gasteiger partial charge in [0.2, 0.25) is 11.8 Å². The van der Waals surface area contributed by atoms with Gasteiger partial charge in [0.15, 0.2) is 0 Å². The topological polar surface area (TPSA) is 97.2 Å². The van der Waals surface area contributed by atoms with Crippen LogP contribution in [0.15, 0.2) is 29.1 Å². The molecule has 0 radical (unpaired) electrons. The number of fused-ring (bicyclic) bond motifs is 1. The minimum Gasteiger partial charge on any atom is -0.356 e. The number of unbranched alkanes of at least 4 members (excludes halogenated alkanes) is 3. The molecule has 0 saturated carbocycles. The molecule has 1 aromatic heterocycles. The van der Waals surface area contributed by atoms with E-state index < -0.39 is 0 Å². The van der Waals surface area contributed by atoms with E-state index in [1.54, 1.807) is 29.2 Å². The van der Waals surface area contributed by atoms with Gasteiger partial charge in [-0.3, -0.25) is 14.4 Å². The molecule has 1 saturated heterocycles. The molecule has 1 N–H and O–H groups in total. The molecular formula is C22H31N5O3. The highest BCUT2D eigenvalue weighted by atomic mass is 16.2. The van der Waals surface area contributed by atoms with E-state index in [0.29, 0.717) is 30.5 Å². The first kappa shape index (κ1) is 21.9. The molecule has 1 aliphatic heterocycles. The van der Waals surface area contributed by atoms with Gasteiger partial charge in [-0.05, 0) is 31.4 Å². The van der Waals surface area contributed by atoms with Gasteiger partial charge in [0, 0.05) is 26.1 Å². The number of hydrogen-bond acceptors (Lipinski definition) is 5. The lowest BCUT2D eigenvalue weighted by molar-refractivity contribution is -0.136. The quantitative estimate of drug-likeness (QED) is 0.635. The lowest BCUT2D eigenvalue weighted by Gasteiger charge is -2.32. The fraction of sp³-hybridized carbons (Fsp3) is 0.591. The molecule has 1 atom stereocenters. The first-order valence-electron chi connectivity index (χ1n) is 11.0. The number of rotatable bonds is 9. The van der Waals surface area contributed by atoms with Crippen LogP contribution in [0, 0.1) is 5.92 Å². The molecule has 1 aliphatic rings. The third kappa shape index (κ3) is 5.64. The van der Waals surface area contributed by atoms with Crippen LogP contribution in [-0.2, 0) is 16.1 Å². The van der Waals surface area contributed by atoms with Crippen LogP contribution < -0.4 is 10.9 Å². The molecule has 1 aromatic carbocycles. The molecular weight excluding hydrogens is 382 g/mol. The molecule has 2 heterocycles. The molecule has 2 aromatic rings. The average Bonchev–Trinajstić information content (AvgIpc) is 2.78. The predicted octanol–water partition coefficient (Wildman–Crippen LogP) is 2.12. The summed E-state index contributed by atoms with van der Waals surface area (Å²) in [6.07, 6.45) is 6.27. The monoisotopic (exact) mass is 413 g/mol. The zero-order valence-corrected chi connectivity index (χ0v) is 17.7. The van der Waals surface area contributed by atoms with Crippen LogP contribution in [0.2, 0.25) is 0 Å². The third-order valence-corrected chi connectivity index (χ3v) is 5.64. The number of aryl methyl sites for hydroxylation is 1. The zero-order chi connectivity index (χ0) is 21.3. The number of likely N-dealkylation sites (tertiary alicyclic amines) is 1. The van der Waals surface area contributed by atoms with Crippen molar-refractivity contribution >= 4 is 22.7 Å². The molecule has 0 bridgehead atoms. The van der Waals surface area contributed by atoms with Gasteiger partial charge < -0.3 is 10.2 Å². The third-order valence-electron chi connectivity index (χ3n) is 5.64. The van der Waals surface area contributed by atoms with Crippen molar-refractivity contribution in [1.82, 2.24) is 25.2 Å². The summed E-state index contributed by atoms with van der Waals surface area (Å²) in [5.74, 6) is -0.171. The molecule has 162 valence electrons. The highest BCUT2D eigenvalue weighted by molar-refractivity contribution is 5.81. The fourth-order valence-corrected chi connectivity index (χ4v) is 3.85. The lowest BCUT2D eigenvalue weighted by Crippen LogP contribution is -2.46. The van der Waals surface area contributed by atoms with E-state index in [2.05, 4.69) is 22.6 Å². The maximum atomic E-state index is 12.7. The number of benzene rings is 1. The second kappa shape index (κ2) is 10.8. The molecule has 30 heavy (non-hydrogen) atoms. The number of nitrogens with one attached hydrogen (secondary N) is 1. The van der Waals surface area contributed by atoms with Crippen LogP contribution in [0.3, 0.4) is 0 Å². The number of carbonyl (C=O) groups is 2. The van der Waals surface area contributed by atoms with E-state index in [0.717, 1.165) is 25.7 Å². The van der Waals surface area contributed by atoms with Crippen molar-refractivity contribution in [2.24, 2.45) is 5.92 Å². The standard InChI is InChI=1S/C22H31N5O3/c1-2-3-4-7-13-23-21(29)17-9-8-14-26(16-17)20(28)12-15-27-22(30)18-10-5-6-11-19(18)24-25-27/h5-6,10-11,17H,2-4,7-9,12-16H2,1H3,(H,23,29). The Morgan fingerprint density at radius 2 is 2.03 bits per heavy atom. The van der Waals surface area contributed by atoms with E-state index in [-0.39, 0.29) is 36.3 Å². The Morgan fingerprint density at radius 1 is 1.20 bits per heavy atom. The predicted molar refractivity (Wildman–Crippen MR) is 115 cm³/mol. The van der Waals surface area contributed by atoms with E-state index >= 15 is 0 Å². The fourth-order valence-electron chi connectivity index (χ4n) is 3.85. The van der Waals surface area contributed by atoms with Crippen LogP contribution in [0.4, 0.5) is 0 Å². The van der Waals surface area contributed by atoms with Gasteiger partial charge in [0.05, 0.1) is 17.8 Å². The largest absolute Gasteiger partial charge is 0.356 e. The normalized spacial score (nSPS) is 16.6. The molecule has 0 spiro atoms. The number of piperidine rings is 1. The first-order chi connectivity index (χ1) is 14.6. The summed E-state index contributed by atoms with van der Waals surface area (Å²) in [7, 11) is 0. The second-order valence-electron chi connectivity index (χ2n) is 7.92. The Hall–Kier alpha value is -2.77. The van der Waals surface area contributed by atoms with Crippen molar-refractivity contribution in [2.45, 2.75) is 58.4 Å². The van der Waals surface area contributed by atoms with Crippen molar-refractivity contribution in [3.8, 4) is 0 Å². The van der Waals surface area contributed by atoms with E-state index in [1.165, 1.54) is 17.5 Å². The number of carbonyl (C=O) groups excluding carboxylic acids is 2. The van der Waals surface area contributed by atoms with E-state index in [4.69, 9.17) is 0 Å². The van der Waals surface area contributed by atoms with Crippen LogP contribution in [0.5, 0.6) is 0 Å². The van der Waals surface area contributed by atoms with Crippen molar-refractivity contribution in [2.75, 3.05) is 19.6 Å². The van der Waals surface area contributed by atoms with Crippen molar-refractivity contribution in [3.05, 3.63) is 34.6 Å². The maximum Gasteiger partial charge on any atom is 0.277 e. The maximum absolute atomic E-state index is 12.7. The van der Waals surface area contributed by atoms with E-state index in [9.17, 15) is 14.4 Å². The first-order valence-corrected chi connectivity index (χ1v) is 11.0. The van der Waals surface area contributed by atoms with Gasteiger partial charge in [0.25, 0.3) is 5.56 Å². The number of amides is 2. The highest BCUT2D eigenvalue weighted by Crippen LogP contribution is 2.17. The van der Waals surface area contributed by atoms with Crippen molar-refractivity contribution in [3.63, 3.8) is 0 Å². The Balaban J connectivity index is 1.50. The van der Waals surface area contributed by atoms with Crippen molar-refractivity contribution < 1.29 is 9.59 Å². The summed E-state index contributed by atoms with van der Waals surface area (Å²) in [4.78, 5) is 39.4. The Kier molecular flexibility index (Phi) is 7.93. The van der Waals surface area contributed by atoms with Gasteiger partial charge in [-0.2, -0.15) is 0 Å². The molecule has 8 nitrogen and oxygen atoms in total. The van der Waals surface area contributed by atoms with Crippen LogP contribution >= 0.6 is 0 Å². The zero-order valence-electron chi connectivity index (χ0n) is 17.7. The van der Waals surface area contributed by atoms with Crippen molar-refractivity contribution in [1.29, 1.82) is 0 Å². The van der Waals surface area contributed by atoms with Crippen LogP contribution in [0.1, 0.15) is 51.9 Å². The number of nitrogens with zero attached hydrogens (tertiary/aromatic N) is 4. The number of aromatic nitrogens is 3. The molecule has 3 rings (SSSR count). The van der Waals surface area contributed by atoms with Gasteiger partial charge >= 0.3 is 0 Å². The van der Waals surface area contributed by atoms with E-state index in [1.807, 2.05) is 0 Å². The lowest BCUT2D eigenvalue weighted by atomic mass is 9.96. The Morgan fingerprint density at radius 3 is 2.87 bits per heavy atom. The summed E-state index contributed by atoms with van der Waals surface area (Å²) in [6, 6.07) is 7.03. The average molecular weight is 414 g/mol. The summed E-state index contributed by atoms with van der Waals surface area (Å²) < 4.78 is 1.24. The second-order valence-corrected chi connectivity index (χ2v) is 7.92. The summed E-state index contributed by atoms with van der Waals surface area (Å²) in [5.41, 5.74) is 0.303. The Labute approximate surface area is 176 Å². The minimum atomic E-state index is -0.243.